The molecule has 1 aliphatic rings. The first-order chi connectivity index (χ1) is 11.3. The summed E-state index contributed by atoms with van der Waals surface area (Å²) >= 11 is 0.915. The minimum Gasteiger partial charge on any atom is -0.483 e. The van der Waals surface area contributed by atoms with Crippen LogP contribution in [-0.4, -0.2) is 47.1 Å². The number of carbonyl (C=O) groups is 2. The average molecular weight is 354 g/mol. The molecule has 1 aromatic carbocycles. The molecule has 7 nitrogen and oxygen atoms in total. The van der Waals surface area contributed by atoms with Gasteiger partial charge in [0.05, 0.1) is 19.2 Å². The molecule has 0 aliphatic carbocycles. The van der Waals surface area contributed by atoms with Crippen molar-refractivity contribution in [3.8, 4) is 11.5 Å². The molecule has 2 amide bonds. The van der Waals surface area contributed by atoms with E-state index < -0.39 is 12.2 Å². The smallest absolute Gasteiger partial charge is 0.426 e. The van der Waals surface area contributed by atoms with E-state index in [-0.39, 0.29) is 5.60 Å². The fourth-order valence-electron chi connectivity index (χ4n) is 2.33. The van der Waals surface area contributed by atoms with Gasteiger partial charge in [-0.05, 0) is 26.8 Å². The number of rotatable bonds is 4. The molecule has 0 unspecified atom stereocenters. The third kappa shape index (κ3) is 4.05. The van der Waals surface area contributed by atoms with E-state index in [0.717, 1.165) is 24.1 Å². The lowest BCUT2D eigenvalue weighted by atomic mass is 10.0. The number of carbonyl (C=O) groups excluding carboxylic acids is 2. The van der Waals surface area contributed by atoms with Crippen LogP contribution in [0.1, 0.15) is 26.3 Å². The van der Waals surface area contributed by atoms with Crippen LogP contribution in [0.5, 0.6) is 11.5 Å². The lowest BCUT2D eigenvalue weighted by Gasteiger charge is -2.23. The van der Waals surface area contributed by atoms with Crippen LogP contribution < -0.4 is 9.47 Å². The van der Waals surface area contributed by atoms with Crippen molar-refractivity contribution in [2.24, 2.45) is 0 Å². The largest absolute Gasteiger partial charge is 0.483 e. The van der Waals surface area contributed by atoms with Crippen molar-refractivity contribution in [1.82, 2.24) is 8.61 Å². The van der Waals surface area contributed by atoms with E-state index >= 15 is 0 Å². The van der Waals surface area contributed by atoms with Gasteiger partial charge in [0.1, 0.15) is 5.60 Å². The Labute approximate surface area is 146 Å². The second-order valence-electron chi connectivity index (χ2n) is 5.89. The first-order valence-electron chi connectivity index (χ1n) is 7.57. The van der Waals surface area contributed by atoms with Crippen molar-refractivity contribution in [3.63, 3.8) is 0 Å². The Balaban J connectivity index is 2.06. The second kappa shape index (κ2) is 7.21. The molecule has 0 N–H and O–H groups in total. The molecule has 0 saturated carbocycles. The molecule has 24 heavy (non-hydrogen) atoms. The Morgan fingerprint density at radius 2 is 2.04 bits per heavy atom. The number of hydrogen-bond donors (Lipinski definition) is 0. The van der Waals surface area contributed by atoms with E-state index in [4.69, 9.17) is 9.47 Å². The van der Waals surface area contributed by atoms with Crippen molar-refractivity contribution >= 4 is 24.3 Å². The molecule has 0 aromatic heterocycles. The van der Waals surface area contributed by atoms with Crippen molar-refractivity contribution in [3.05, 3.63) is 23.8 Å². The zero-order chi connectivity index (χ0) is 17.9. The summed E-state index contributed by atoms with van der Waals surface area (Å²) in [6, 6.07) is 5.47. The van der Waals surface area contributed by atoms with Crippen LogP contribution in [0.4, 0.5) is 9.59 Å². The summed E-state index contributed by atoms with van der Waals surface area (Å²) in [5.41, 5.74) is 0.681. The number of para-hydroxylation sites is 1. The highest BCUT2D eigenvalue weighted by Gasteiger charge is 2.33. The van der Waals surface area contributed by atoms with Gasteiger partial charge in [0, 0.05) is 25.6 Å². The van der Waals surface area contributed by atoms with Gasteiger partial charge in [-0.1, -0.05) is 12.1 Å². The number of fused-ring (bicyclic) bond motifs is 1. The lowest BCUT2D eigenvalue weighted by Crippen LogP contribution is -2.32. The Morgan fingerprint density at radius 3 is 2.67 bits per heavy atom. The zero-order valence-corrected chi connectivity index (χ0v) is 15.3. The summed E-state index contributed by atoms with van der Waals surface area (Å²) in [5, 5.41) is 0. The molecule has 1 heterocycles. The summed E-state index contributed by atoms with van der Waals surface area (Å²) in [5.74, 6) is 0.964. The molecular formula is C16H22N2O5S. The fraction of sp³-hybridized carbons (Fsp3) is 0.500. The van der Waals surface area contributed by atoms with Crippen LogP contribution in [-0.2, 0) is 11.2 Å². The van der Waals surface area contributed by atoms with Gasteiger partial charge in [0.25, 0.3) is 0 Å². The first kappa shape index (κ1) is 18.3. The van der Waals surface area contributed by atoms with Crippen LogP contribution in [0.2, 0.25) is 0 Å². The maximum atomic E-state index is 12.3. The topological polar surface area (TPSA) is 68.3 Å². The summed E-state index contributed by atoms with van der Waals surface area (Å²) in [6.45, 7) is 6.13. The summed E-state index contributed by atoms with van der Waals surface area (Å²) < 4.78 is 18.5. The van der Waals surface area contributed by atoms with Crippen molar-refractivity contribution < 1.29 is 23.8 Å². The Kier molecular flexibility index (Phi) is 5.48. The van der Waals surface area contributed by atoms with Crippen molar-refractivity contribution in [2.75, 3.05) is 20.7 Å². The highest BCUT2D eigenvalue weighted by atomic mass is 32.2. The molecule has 1 aromatic rings. The third-order valence-corrected chi connectivity index (χ3v) is 4.39. The predicted octanol–water partition coefficient (Wildman–Crippen LogP) is 3.48. The van der Waals surface area contributed by atoms with Crippen LogP contribution in [0.15, 0.2) is 18.2 Å². The molecule has 0 bridgehead atoms. The second-order valence-corrected chi connectivity index (χ2v) is 7.05. The van der Waals surface area contributed by atoms with E-state index in [0.29, 0.717) is 18.0 Å². The van der Waals surface area contributed by atoms with Gasteiger partial charge in [0.2, 0.25) is 0 Å². The van der Waals surface area contributed by atoms with Gasteiger partial charge in [-0.3, -0.25) is 0 Å². The fourth-order valence-corrected chi connectivity index (χ4v) is 2.99. The normalized spacial score (nSPS) is 14.4. The summed E-state index contributed by atoms with van der Waals surface area (Å²) in [6.07, 6.45) is -0.388. The van der Waals surface area contributed by atoms with Crippen LogP contribution in [0.3, 0.4) is 0 Å². The van der Waals surface area contributed by atoms with Crippen molar-refractivity contribution in [2.45, 2.75) is 32.8 Å². The van der Waals surface area contributed by atoms with Crippen LogP contribution in [0, 0.1) is 0 Å². The standard InChI is InChI=1S/C16H22N2O5S/c1-6-18(15(20)21-5)24-17(4)14(19)22-12-9-7-8-11-10-16(2,3)23-13(11)12/h7-9H,6,10H2,1-5H3. The molecule has 1 aliphatic heterocycles. The van der Waals surface area contributed by atoms with E-state index in [1.165, 1.54) is 22.8 Å². The minimum atomic E-state index is -0.607. The zero-order valence-electron chi connectivity index (χ0n) is 14.5. The van der Waals surface area contributed by atoms with Gasteiger partial charge in [0.15, 0.2) is 11.5 Å². The first-order valence-corrected chi connectivity index (χ1v) is 8.30. The van der Waals surface area contributed by atoms with Gasteiger partial charge in [-0.2, -0.15) is 0 Å². The van der Waals surface area contributed by atoms with Gasteiger partial charge < -0.3 is 14.2 Å². The Morgan fingerprint density at radius 1 is 1.33 bits per heavy atom. The highest BCUT2D eigenvalue weighted by molar-refractivity contribution is 7.95. The van der Waals surface area contributed by atoms with E-state index in [1.54, 1.807) is 13.0 Å². The molecule has 2 rings (SSSR count). The molecule has 0 fully saturated rings. The van der Waals surface area contributed by atoms with Crippen LogP contribution in [0.25, 0.3) is 0 Å². The Hall–Kier alpha value is -2.09. The van der Waals surface area contributed by atoms with Crippen LogP contribution >= 0.6 is 12.1 Å². The minimum absolute atomic E-state index is 0.324. The molecule has 0 atom stereocenters. The number of amides is 2. The Bertz CT molecular complexity index is 635. The van der Waals surface area contributed by atoms with Gasteiger partial charge in [-0.15, -0.1) is 0 Å². The van der Waals surface area contributed by atoms with E-state index in [9.17, 15) is 9.59 Å². The molecule has 0 spiro atoms. The van der Waals surface area contributed by atoms with Gasteiger partial charge in [-0.25, -0.2) is 18.2 Å². The number of ether oxygens (including phenoxy) is 3. The molecule has 132 valence electrons. The molecule has 0 radical (unpaired) electrons. The maximum Gasteiger partial charge on any atom is 0.426 e. The summed E-state index contributed by atoms with van der Waals surface area (Å²) in [7, 11) is 2.81. The van der Waals surface area contributed by atoms with Gasteiger partial charge >= 0.3 is 12.2 Å². The van der Waals surface area contributed by atoms with E-state index in [2.05, 4.69) is 4.74 Å². The number of benzene rings is 1. The van der Waals surface area contributed by atoms with Crippen molar-refractivity contribution in [1.29, 1.82) is 0 Å². The van der Waals surface area contributed by atoms with E-state index in [1.807, 2.05) is 26.0 Å². The quantitative estimate of drug-likeness (QED) is 0.771. The molecule has 0 saturated heterocycles. The summed E-state index contributed by atoms with van der Waals surface area (Å²) in [4.78, 5) is 23.9. The third-order valence-electron chi connectivity index (χ3n) is 3.40. The predicted molar refractivity (Wildman–Crippen MR) is 91.0 cm³/mol. The highest BCUT2D eigenvalue weighted by Crippen LogP contribution is 2.42. The molecular weight excluding hydrogens is 332 g/mol. The number of hydrogen-bond acceptors (Lipinski definition) is 6. The average Bonchev–Trinajstić information content (AvgIpc) is 2.86. The maximum absolute atomic E-state index is 12.3. The number of methoxy groups -OCH3 is 1. The lowest BCUT2D eigenvalue weighted by molar-refractivity contribution is 0.131. The number of nitrogens with zero attached hydrogens (tertiary/aromatic N) is 2. The molecule has 8 heteroatoms. The SMILES string of the molecule is CCN(SN(C)C(=O)Oc1cccc2c1OC(C)(C)C2)C(=O)OC. The monoisotopic (exact) mass is 354 g/mol.